The summed E-state index contributed by atoms with van der Waals surface area (Å²) in [6.07, 6.45) is 1.87. The molecule has 2 rings (SSSR count). The Kier molecular flexibility index (Phi) is 6.97. The molecule has 0 spiro atoms. The summed E-state index contributed by atoms with van der Waals surface area (Å²) >= 11 is 0. The molecule has 30 heavy (non-hydrogen) atoms. The number of hydrogen-bond acceptors (Lipinski definition) is 3. The van der Waals surface area contributed by atoms with Crippen LogP contribution in [0.4, 0.5) is 10.1 Å². The highest BCUT2D eigenvalue weighted by Gasteiger charge is 2.27. The van der Waals surface area contributed by atoms with Crippen LogP contribution in [0.3, 0.4) is 0 Å². The second-order valence-electron chi connectivity index (χ2n) is 9.48. The zero-order valence-electron chi connectivity index (χ0n) is 18.5. The van der Waals surface area contributed by atoms with Crippen molar-refractivity contribution < 1.29 is 17.6 Å². The summed E-state index contributed by atoms with van der Waals surface area (Å²) in [5, 5.41) is 3.03. The minimum atomic E-state index is -3.65. The Labute approximate surface area is 179 Å². The molecule has 0 aliphatic heterocycles. The van der Waals surface area contributed by atoms with Gasteiger partial charge in [0.05, 0.1) is 18.5 Å². The molecule has 0 aromatic heterocycles. The van der Waals surface area contributed by atoms with Crippen LogP contribution in [0.15, 0.2) is 48.5 Å². The van der Waals surface area contributed by atoms with Crippen LogP contribution in [0.5, 0.6) is 0 Å². The molecule has 164 valence electrons. The highest BCUT2D eigenvalue weighted by molar-refractivity contribution is 7.92. The number of nitrogens with one attached hydrogen (secondary N) is 1. The molecule has 0 heterocycles. The summed E-state index contributed by atoms with van der Waals surface area (Å²) in [5.74, 6) is -0.695. The van der Waals surface area contributed by atoms with Crippen LogP contribution < -0.4 is 9.62 Å². The van der Waals surface area contributed by atoms with Crippen LogP contribution in [0, 0.1) is 11.2 Å². The first-order valence-electron chi connectivity index (χ1n) is 9.82. The Morgan fingerprint density at radius 3 is 2.07 bits per heavy atom. The second-order valence-corrected chi connectivity index (χ2v) is 11.4. The van der Waals surface area contributed by atoms with Gasteiger partial charge >= 0.3 is 0 Å². The number of anilines is 1. The third-order valence-corrected chi connectivity index (χ3v) is 5.65. The summed E-state index contributed by atoms with van der Waals surface area (Å²) in [6.45, 7) is 10.2. The van der Waals surface area contributed by atoms with Gasteiger partial charge in [-0.3, -0.25) is 9.10 Å². The lowest BCUT2D eigenvalue weighted by Crippen LogP contribution is -2.45. The first kappa shape index (κ1) is 23.9. The van der Waals surface area contributed by atoms with E-state index in [9.17, 15) is 17.6 Å². The first-order valence-corrected chi connectivity index (χ1v) is 11.7. The zero-order valence-corrected chi connectivity index (χ0v) is 19.3. The number of rotatable bonds is 7. The van der Waals surface area contributed by atoms with Crippen LogP contribution in [-0.2, 0) is 16.6 Å². The number of nitrogens with zero attached hydrogens (tertiary/aromatic N) is 1. The van der Waals surface area contributed by atoms with E-state index in [2.05, 4.69) is 26.1 Å². The lowest BCUT2D eigenvalue weighted by Gasteiger charge is -2.33. The summed E-state index contributed by atoms with van der Waals surface area (Å²) in [4.78, 5) is 12.7. The molecule has 1 N–H and O–H groups in total. The Morgan fingerprint density at radius 2 is 1.57 bits per heavy atom. The molecule has 2 aromatic rings. The van der Waals surface area contributed by atoms with E-state index in [1.165, 1.54) is 6.07 Å². The molecule has 0 saturated heterocycles. The average Bonchev–Trinajstić information content (AvgIpc) is 2.57. The lowest BCUT2D eigenvalue weighted by atomic mass is 9.81. The SMILES string of the molecule is CC(C)(C)CC(C)(C)NC(=O)c1ccc(N(Cc2ccccc2F)S(C)(=O)=O)cc1. The van der Waals surface area contributed by atoms with Crippen LogP contribution in [-0.4, -0.2) is 26.1 Å². The second kappa shape index (κ2) is 8.76. The minimum absolute atomic E-state index is 0.0589. The first-order chi connectivity index (χ1) is 13.7. The fourth-order valence-electron chi connectivity index (χ4n) is 3.71. The normalized spacial score (nSPS) is 12.5. The fraction of sp³-hybridized carbons (Fsp3) is 0.435. The zero-order chi connectivity index (χ0) is 22.7. The van der Waals surface area contributed by atoms with E-state index in [4.69, 9.17) is 0 Å². The molecule has 5 nitrogen and oxygen atoms in total. The van der Waals surface area contributed by atoms with E-state index in [0.29, 0.717) is 11.3 Å². The van der Waals surface area contributed by atoms with Gasteiger partial charge in [0.15, 0.2) is 0 Å². The van der Waals surface area contributed by atoms with Crippen LogP contribution in [0.2, 0.25) is 0 Å². The van der Waals surface area contributed by atoms with E-state index in [0.717, 1.165) is 17.0 Å². The molecular formula is C23H31FN2O3S. The highest BCUT2D eigenvalue weighted by atomic mass is 32.2. The van der Waals surface area contributed by atoms with Crippen LogP contribution in [0.25, 0.3) is 0 Å². The maximum atomic E-state index is 14.0. The number of hydrogen-bond donors (Lipinski definition) is 1. The van der Waals surface area contributed by atoms with Crippen molar-refractivity contribution >= 4 is 21.6 Å². The number of halogens is 1. The predicted octanol–water partition coefficient (Wildman–Crippen LogP) is 4.74. The van der Waals surface area contributed by atoms with Crippen LogP contribution in [0.1, 0.15) is 57.0 Å². The van der Waals surface area contributed by atoms with Crippen molar-refractivity contribution in [1.82, 2.24) is 5.32 Å². The van der Waals surface area contributed by atoms with Gasteiger partial charge < -0.3 is 5.32 Å². The monoisotopic (exact) mass is 434 g/mol. The highest BCUT2D eigenvalue weighted by Crippen LogP contribution is 2.27. The van der Waals surface area contributed by atoms with Crippen molar-refractivity contribution in [3.8, 4) is 0 Å². The molecule has 0 fully saturated rings. The van der Waals surface area contributed by atoms with Gasteiger partial charge in [-0.15, -0.1) is 0 Å². The van der Waals surface area contributed by atoms with Crippen molar-refractivity contribution in [3.63, 3.8) is 0 Å². The van der Waals surface area contributed by atoms with E-state index in [-0.39, 0.29) is 23.4 Å². The van der Waals surface area contributed by atoms with Crippen molar-refractivity contribution in [3.05, 3.63) is 65.5 Å². The van der Waals surface area contributed by atoms with E-state index in [1.54, 1.807) is 42.5 Å². The molecule has 2 aromatic carbocycles. The molecule has 1 amide bonds. The van der Waals surface area contributed by atoms with Gasteiger partial charge in [-0.2, -0.15) is 0 Å². The molecule has 0 unspecified atom stereocenters. The van der Waals surface area contributed by atoms with Crippen molar-refractivity contribution in [1.29, 1.82) is 0 Å². The Hall–Kier alpha value is -2.41. The lowest BCUT2D eigenvalue weighted by molar-refractivity contribution is 0.0891. The van der Waals surface area contributed by atoms with Gasteiger partial charge in [-0.25, -0.2) is 12.8 Å². The Morgan fingerprint density at radius 1 is 1.00 bits per heavy atom. The smallest absolute Gasteiger partial charge is 0.251 e. The van der Waals surface area contributed by atoms with E-state index >= 15 is 0 Å². The number of sulfonamides is 1. The fourth-order valence-corrected chi connectivity index (χ4v) is 4.59. The summed E-state index contributed by atoms with van der Waals surface area (Å²) in [7, 11) is -3.65. The van der Waals surface area contributed by atoms with Gasteiger partial charge in [-0.05, 0) is 56.0 Å². The molecule has 0 aliphatic carbocycles. The summed E-state index contributed by atoms with van der Waals surface area (Å²) < 4.78 is 39.8. The van der Waals surface area contributed by atoms with Gasteiger partial charge in [0.2, 0.25) is 10.0 Å². The van der Waals surface area contributed by atoms with Crippen molar-refractivity contribution in [2.24, 2.45) is 5.41 Å². The standard InChI is InChI=1S/C23H31FN2O3S/c1-22(2,3)16-23(4,5)25-21(27)17-11-13-19(14-12-17)26(30(6,28)29)15-18-9-7-8-10-20(18)24/h7-14H,15-16H2,1-6H3,(H,25,27). The Bertz CT molecular complexity index is 994. The molecule has 0 atom stereocenters. The van der Waals surface area contributed by atoms with E-state index in [1.807, 2.05) is 13.8 Å². The molecule has 0 aliphatic rings. The average molecular weight is 435 g/mol. The van der Waals surface area contributed by atoms with Gasteiger partial charge in [0.1, 0.15) is 5.82 Å². The third kappa shape index (κ3) is 6.83. The topological polar surface area (TPSA) is 66.5 Å². The Balaban J connectivity index is 2.23. The number of amides is 1. The maximum Gasteiger partial charge on any atom is 0.251 e. The summed E-state index contributed by atoms with van der Waals surface area (Å²) in [6, 6.07) is 12.3. The molecule has 0 saturated carbocycles. The maximum absolute atomic E-state index is 14.0. The molecule has 0 radical (unpaired) electrons. The van der Waals surface area contributed by atoms with Crippen molar-refractivity contribution in [2.75, 3.05) is 10.6 Å². The minimum Gasteiger partial charge on any atom is -0.347 e. The predicted molar refractivity (Wildman–Crippen MR) is 119 cm³/mol. The molecular weight excluding hydrogens is 403 g/mol. The number of carbonyl (C=O) groups excluding carboxylic acids is 1. The van der Waals surface area contributed by atoms with Crippen molar-refractivity contribution in [2.45, 2.75) is 53.1 Å². The van der Waals surface area contributed by atoms with E-state index < -0.39 is 21.4 Å². The number of carbonyl (C=O) groups is 1. The summed E-state index contributed by atoms with van der Waals surface area (Å²) in [5.41, 5.74) is 0.737. The molecule has 7 heteroatoms. The van der Waals surface area contributed by atoms with Gasteiger partial charge in [0, 0.05) is 16.7 Å². The quantitative estimate of drug-likeness (QED) is 0.685. The third-order valence-electron chi connectivity index (χ3n) is 4.51. The number of benzene rings is 2. The van der Waals surface area contributed by atoms with Crippen LogP contribution >= 0.6 is 0 Å². The molecule has 0 bridgehead atoms. The largest absolute Gasteiger partial charge is 0.347 e. The van der Waals surface area contributed by atoms with Gasteiger partial charge in [-0.1, -0.05) is 39.0 Å². The van der Waals surface area contributed by atoms with Gasteiger partial charge in [0.25, 0.3) is 5.91 Å².